The minimum absolute atomic E-state index is 0.0244. The van der Waals surface area contributed by atoms with Crippen LogP contribution in [0.5, 0.6) is 0 Å². The van der Waals surface area contributed by atoms with Gasteiger partial charge in [-0.15, -0.1) is 5.10 Å². The number of aryl methyl sites for hydroxylation is 1. The summed E-state index contributed by atoms with van der Waals surface area (Å²) < 4.78 is 1.74. The van der Waals surface area contributed by atoms with Crippen LogP contribution in [0, 0.1) is 0 Å². The van der Waals surface area contributed by atoms with Crippen LogP contribution in [0.25, 0.3) is 11.4 Å². The van der Waals surface area contributed by atoms with E-state index >= 15 is 0 Å². The predicted molar refractivity (Wildman–Crippen MR) is 108 cm³/mol. The SMILES string of the molecule is CC(C)N1CCC(NC(=O)c2cccc(-c3nc(N(C)C)n(C)n3)c2)CC1. The van der Waals surface area contributed by atoms with Gasteiger partial charge in [-0.1, -0.05) is 12.1 Å². The van der Waals surface area contributed by atoms with Crippen LogP contribution in [-0.2, 0) is 7.05 Å². The number of aromatic nitrogens is 3. The molecule has 0 bridgehead atoms. The highest BCUT2D eigenvalue weighted by Crippen LogP contribution is 2.20. The number of carbonyl (C=O) groups excluding carboxylic acids is 1. The number of anilines is 1. The van der Waals surface area contributed by atoms with Crippen LogP contribution in [0.3, 0.4) is 0 Å². The summed E-state index contributed by atoms with van der Waals surface area (Å²) in [7, 11) is 5.73. The highest BCUT2D eigenvalue weighted by Gasteiger charge is 2.22. The Morgan fingerprint density at radius 3 is 2.56 bits per heavy atom. The first-order valence-electron chi connectivity index (χ1n) is 9.59. The maximum Gasteiger partial charge on any atom is 0.251 e. The summed E-state index contributed by atoms with van der Waals surface area (Å²) >= 11 is 0. The second-order valence-corrected chi connectivity index (χ2v) is 7.71. The molecule has 2 aromatic rings. The molecule has 1 N–H and O–H groups in total. The largest absolute Gasteiger partial charge is 0.349 e. The number of hydrogen-bond acceptors (Lipinski definition) is 5. The molecule has 27 heavy (non-hydrogen) atoms. The molecule has 0 saturated carbocycles. The Hall–Kier alpha value is -2.41. The van der Waals surface area contributed by atoms with Crippen molar-refractivity contribution in [3.8, 4) is 11.4 Å². The van der Waals surface area contributed by atoms with Gasteiger partial charge in [0.2, 0.25) is 5.95 Å². The van der Waals surface area contributed by atoms with E-state index in [1.807, 2.05) is 50.3 Å². The zero-order chi connectivity index (χ0) is 19.6. The molecule has 1 aliphatic heterocycles. The van der Waals surface area contributed by atoms with Crippen molar-refractivity contribution in [1.82, 2.24) is 25.0 Å². The molecule has 1 aliphatic rings. The van der Waals surface area contributed by atoms with E-state index < -0.39 is 0 Å². The smallest absolute Gasteiger partial charge is 0.251 e. The van der Waals surface area contributed by atoms with Crippen molar-refractivity contribution in [3.63, 3.8) is 0 Å². The Bertz CT molecular complexity index is 790. The Balaban J connectivity index is 1.68. The van der Waals surface area contributed by atoms with Gasteiger partial charge in [-0.2, -0.15) is 4.98 Å². The molecule has 0 atom stereocenters. The summed E-state index contributed by atoms with van der Waals surface area (Å²) in [4.78, 5) is 21.6. The van der Waals surface area contributed by atoms with Crippen LogP contribution >= 0.6 is 0 Å². The highest BCUT2D eigenvalue weighted by molar-refractivity contribution is 5.95. The Labute approximate surface area is 161 Å². The molecule has 1 amide bonds. The monoisotopic (exact) mass is 370 g/mol. The molecule has 3 rings (SSSR count). The van der Waals surface area contributed by atoms with E-state index in [-0.39, 0.29) is 11.9 Å². The molecule has 1 fully saturated rings. The first-order valence-corrected chi connectivity index (χ1v) is 9.59. The molecular formula is C20H30N6O. The molecule has 0 spiro atoms. The van der Waals surface area contributed by atoms with E-state index in [4.69, 9.17) is 0 Å². The highest BCUT2D eigenvalue weighted by atomic mass is 16.1. The van der Waals surface area contributed by atoms with Crippen LogP contribution in [0.1, 0.15) is 37.0 Å². The van der Waals surface area contributed by atoms with Crippen LogP contribution in [0.15, 0.2) is 24.3 Å². The predicted octanol–water partition coefficient (Wildman–Crippen LogP) is 2.15. The molecule has 1 saturated heterocycles. The first kappa shape index (κ1) is 19.4. The lowest BCUT2D eigenvalue weighted by Gasteiger charge is -2.34. The standard InChI is InChI=1S/C20H30N6O/c1-14(2)26-11-9-17(10-12-26)21-19(27)16-8-6-7-15(13-16)18-22-20(24(3)4)25(5)23-18/h6-8,13-14,17H,9-12H2,1-5H3,(H,21,27). The van der Waals surface area contributed by atoms with Gasteiger partial charge in [0.15, 0.2) is 5.82 Å². The Kier molecular flexibility index (Phi) is 5.79. The van der Waals surface area contributed by atoms with Gasteiger partial charge >= 0.3 is 0 Å². The summed E-state index contributed by atoms with van der Waals surface area (Å²) in [6, 6.07) is 8.34. The molecule has 146 valence electrons. The number of carbonyl (C=O) groups is 1. The van der Waals surface area contributed by atoms with Crippen LogP contribution in [0.2, 0.25) is 0 Å². The Morgan fingerprint density at radius 1 is 1.26 bits per heavy atom. The average Bonchev–Trinajstić information content (AvgIpc) is 3.04. The van der Waals surface area contributed by atoms with Gasteiger partial charge in [0.25, 0.3) is 5.91 Å². The minimum atomic E-state index is -0.0244. The van der Waals surface area contributed by atoms with Crippen LogP contribution < -0.4 is 10.2 Å². The second-order valence-electron chi connectivity index (χ2n) is 7.71. The van der Waals surface area contributed by atoms with Gasteiger partial charge in [-0.05, 0) is 38.8 Å². The molecule has 0 radical (unpaired) electrons. The number of piperidine rings is 1. The van der Waals surface area contributed by atoms with Crippen LogP contribution in [0.4, 0.5) is 5.95 Å². The van der Waals surface area contributed by atoms with Crippen molar-refractivity contribution < 1.29 is 4.79 Å². The molecule has 0 unspecified atom stereocenters. The molecular weight excluding hydrogens is 340 g/mol. The summed E-state index contributed by atoms with van der Waals surface area (Å²) in [5, 5.41) is 7.66. The fourth-order valence-electron chi connectivity index (χ4n) is 3.52. The third-order valence-electron chi connectivity index (χ3n) is 5.12. The fraction of sp³-hybridized carbons (Fsp3) is 0.550. The number of amides is 1. The topological polar surface area (TPSA) is 66.3 Å². The lowest BCUT2D eigenvalue weighted by Crippen LogP contribution is -2.46. The lowest BCUT2D eigenvalue weighted by molar-refractivity contribution is 0.0900. The van der Waals surface area contributed by atoms with Gasteiger partial charge in [-0.25, -0.2) is 4.68 Å². The van der Waals surface area contributed by atoms with Gasteiger partial charge in [0, 0.05) is 57.4 Å². The number of nitrogens with one attached hydrogen (secondary N) is 1. The van der Waals surface area contributed by atoms with Crippen molar-refractivity contribution in [2.24, 2.45) is 7.05 Å². The van der Waals surface area contributed by atoms with E-state index in [1.165, 1.54) is 0 Å². The van der Waals surface area contributed by atoms with Crippen LogP contribution in [-0.4, -0.2) is 64.8 Å². The van der Waals surface area contributed by atoms with Crippen molar-refractivity contribution in [2.75, 3.05) is 32.1 Å². The van der Waals surface area contributed by atoms with Crippen molar-refractivity contribution in [3.05, 3.63) is 29.8 Å². The molecule has 1 aromatic heterocycles. The number of hydrogen-bond donors (Lipinski definition) is 1. The minimum Gasteiger partial charge on any atom is -0.349 e. The molecule has 2 heterocycles. The molecule has 0 aliphatic carbocycles. The first-order chi connectivity index (χ1) is 12.8. The molecule has 7 nitrogen and oxygen atoms in total. The van der Waals surface area contributed by atoms with E-state index in [0.29, 0.717) is 17.4 Å². The summed E-state index contributed by atoms with van der Waals surface area (Å²) in [6.07, 6.45) is 2.00. The van der Waals surface area contributed by atoms with Crippen molar-refractivity contribution >= 4 is 11.9 Å². The molecule has 1 aromatic carbocycles. The van der Waals surface area contributed by atoms with Crippen molar-refractivity contribution in [1.29, 1.82) is 0 Å². The van der Waals surface area contributed by atoms with E-state index in [0.717, 1.165) is 37.4 Å². The quantitative estimate of drug-likeness (QED) is 0.874. The average molecular weight is 371 g/mol. The lowest BCUT2D eigenvalue weighted by atomic mass is 10.0. The van der Waals surface area contributed by atoms with Crippen molar-refractivity contribution in [2.45, 2.75) is 38.8 Å². The summed E-state index contributed by atoms with van der Waals surface area (Å²) in [5.74, 6) is 1.38. The van der Waals surface area contributed by atoms with Gasteiger partial charge < -0.3 is 15.1 Å². The zero-order valence-corrected chi connectivity index (χ0v) is 16.9. The normalized spacial score (nSPS) is 15.9. The maximum absolute atomic E-state index is 12.7. The fourth-order valence-corrected chi connectivity index (χ4v) is 3.52. The zero-order valence-electron chi connectivity index (χ0n) is 16.9. The van der Waals surface area contributed by atoms with E-state index in [1.54, 1.807) is 4.68 Å². The van der Waals surface area contributed by atoms with E-state index in [2.05, 4.69) is 34.1 Å². The third-order valence-corrected chi connectivity index (χ3v) is 5.12. The number of nitrogens with zero attached hydrogens (tertiary/aromatic N) is 5. The number of rotatable bonds is 5. The number of benzene rings is 1. The van der Waals surface area contributed by atoms with Gasteiger partial charge in [0.05, 0.1) is 0 Å². The number of likely N-dealkylation sites (tertiary alicyclic amines) is 1. The molecule has 7 heteroatoms. The Morgan fingerprint density at radius 2 is 1.96 bits per heavy atom. The summed E-state index contributed by atoms with van der Waals surface area (Å²) in [6.45, 7) is 6.51. The maximum atomic E-state index is 12.7. The van der Waals surface area contributed by atoms with E-state index in [9.17, 15) is 4.79 Å². The van der Waals surface area contributed by atoms with Gasteiger partial charge in [0.1, 0.15) is 0 Å². The third kappa shape index (κ3) is 4.47. The van der Waals surface area contributed by atoms with Gasteiger partial charge in [-0.3, -0.25) is 4.79 Å². The second kappa shape index (κ2) is 8.08. The summed E-state index contributed by atoms with van der Waals surface area (Å²) in [5.41, 5.74) is 1.50.